The lowest BCUT2D eigenvalue weighted by Gasteiger charge is -2.20. The minimum Gasteiger partial charge on any atom is -0.444 e. The van der Waals surface area contributed by atoms with E-state index < -0.39 is 23.9 Å². The van der Waals surface area contributed by atoms with Crippen molar-refractivity contribution < 1.29 is 24.5 Å². The van der Waals surface area contributed by atoms with E-state index in [1.807, 2.05) is 0 Å². The summed E-state index contributed by atoms with van der Waals surface area (Å²) in [4.78, 5) is 23.0. The molecule has 118 valence electrons. The Morgan fingerprint density at radius 1 is 1.43 bits per heavy atom. The minimum atomic E-state index is -1.08. The Bertz CT molecular complexity index is 480. The molecule has 0 saturated heterocycles. The maximum atomic E-state index is 11.4. The fourth-order valence-corrected chi connectivity index (χ4v) is 2.44. The predicted octanol–water partition coefficient (Wildman–Crippen LogP) is 1.87. The van der Waals surface area contributed by atoms with Gasteiger partial charge in [-0.25, -0.2) is 4.79 Å². The third kappa shape index (κ3) is 6.24. The Morgan fingerprint density at radius 3 is 2.62 bits per heavy atom. The van der Waals surface area contributed by atoms with Crippen LogP contribution in [0.3, 0.4) is 0 Å². The average Bonchev–Trinajstić information content (AvgIpc) is 2.84. The number of carbonyl (C=O) groups excluding carboxylic acids is 2. The molecule has 6 nitrogen and oxygen atoms in total. The smallest absolute Gasteiger partial charge is 0.407 e. The molecule has 0 fully saturated rings. The third-order valence-corrected chi connectivity index (χ3v) is 3.61. The summed E-state index contributed by atoms with van der Waals surface area (Å²) in [7, 11) is 0. The molecule has 3 N–H and O–H groups in total. The monoisotopic (exact) mass is 315 g/mol. The number of amides is 1. The van der Waals surface area contributed by atoms with Crippen LogP contribution in [0.15, 0.2) is 12.1 Å². The molecule has 1 rings (SSSR count). The number of rotatable bonds is 6. The quantitative estimate of drug-likeness (QED) is 0.697. The Morgan fingerprint density at radius 2 is 2.10 bits per heavy atom. The molecule has 0 aliphatic heterocycles. The van der Waals surface area contributed by atoms with Gasteiger partial charge in [0.25, 0.3) is 0 Å². The number of ether oxygens (including phenoxy) is 1. The van der Waals surface area contributed by atoms with Crippen molar-refractivity contribution in [3.8, 4) is 0 Å². The maximum absolute atomic E-state index is 11.4. The number of aliphatic hydroxyl groups excluding tert-OH is 2. The summed E-state index contributed by atoms with van der Waals surface area (Å²) in [5.74, 6) is 0. The Kier molecular flexibility index (Phi) is 6.32. The van der Waals surface area contributed by atoms with Gasteiger partial charge in [-0.1, -0.05) is 0 Å². The van der Waals surface area contributed by atoms with Crippen molar-refractivity contribution in [2.24, 2.45) is 0 Å². The lowest BCUT2D eigenvalue weighted by atomic mass is 10.1. The lowest BCUT2D eigenvalue weighted by Crippen LogP contribution is -2.34. The molecule has 0 aliphatic carbocycles. The van der Waals surface area contributed by atoms with E-state index in [0.29, 0.717) is 16.0 Å². The normalized spacial score (nSPS) is 14.3. The van der Waals surface area contributed by atoms with Crippen molar-refractivity contribution in [3.05, 3.63) is 21.9 Å². The largest absolute Gasteiger partial charge is 0.444 e. The Balaban J connectivity index is 2.38. The summed E-state index contributed by atoms with van der Waals surface area (Å²) in [6, 6.07) is 3.19. The van der Waals surface area contributed by atoms with Gasteiger partial charge < -0.3 is 20.3 Å². The lowest BCUT2D eigenvalue weighted by molar-refractivity contribution is 0.0143. The molecule has 0 bridgehead atoms. The molecule has 21 heavy (non-hydrogen) atoms. The predicted molar refractivity (Wildman–Crippen MR) is 79.5 cm³/mol. The summed E-state index contributed by atoms with van der Waals surface area (Å²) in [5.41, 5.74) is -0.579. The minimum absolute atomic E-state index is 0.175. The molecular weight excluding hydrogens is 294 g/mol. The van der Waals surface area contributed by atoms with E-state index in [1.165, 1.54) is 0 Å². The average molecular weight is 315 g/mol. The highest BCUT2D eigenvalue weighted by Crippen LogP contribution is 2.25. The molecule has 7 heteroatoms. The highest BCUT2D eigenvalue weighted by molar-refractivity contribution is 7.13. The van der Waals surface area contributed by atoms with Crippen LogP contribution in [0.1, 0.15) is 47.8 Å². The van der Waals surface area contributed by atoms with E-state index in [1.54, 1.807) is 32.9 Å². The molecule has 2 atom stereocenters. The standard InChI is InChI=1S/C14H21NO5S/c1-14(2,3)20-13(19)15-7-6-10(17)12(18)11-5-4-9(8-16)21-11/h4-5,8,10,12,17-18H,6-7H2,1-3H3,(H,15,19). The highest BCUT2D eigenvalue weighted by Gasteiger charge is 2.21. The molecule has 2 unspecified atom stereocenters. The Hall–Kier alpha value is -1.44. The van der Waals surface area contributed by atoms with E-state index in [4.69, 9.17) is 4.74 Å². The van der Waals surface area contributed by atoms with Gasteiger partial charge in [0.1, 0.15) is 11.7 Å². The van der Waals surface area contributed by atoms with Gasteiger partial charge in [0.15, 0.2) is 6.29 Å². The van der Waals surface area contributed by atoms with Crippen LogP contribution < -0.4 is 5.32 Å². The fourth-order valence-electron chi connectivity index (χ4n) is 1.57. The van der Waals surface area contributed by atoms with Gasteiger partial charge in [-0.15, -0.1) is 11.3 Å². The van der Waals surface area contributed by atoms with Crippen LogP contribution in [0.5, 0.6) is 0 Å². The number of hydrogen-bond acceptors (Lipinski definition) is 6. The van der Waals surface area contributed by atoms with Crippen molar-refractivity contribution in [3.63, 3.8) is 0 Å². The van der Waals surface area contributed by atoms with Crippen LogP contribution in [0.4, 0.5) is 4.79 Å². The molecule has 0 saturated carbocycles. The van der Waals surface area contributed by atoms with E-state index in [-0.39, 0.29) is 13.0 Å². The topological polar surface area (TPSA) is 95.9 Å². The fraction of sp³-hybridized carbons (Fsp3) is 0.571. The van der Waals surface area contributed by atoms with Gasteiger partial charge in [-0.2, -0.15) is 0 Å². The first-order chi connectivity index (χ1) is 9.73. The van der Waals surface area contributed by atoms with E-state index in [2.05, 4.69) is 5.32 Å². The van der Waals surface area contributed by atoms with Crippen molar-refractivity contribution >= 4 is 23.7 Å². The van der Waals surface area contributed by atoms with Gasteiger partial charge in [0, 0.05) is 11.4 Å². The van der Waals surface area contributed by atoms with Crippen molar-refractivity contribution in [2.45, 2.75) is 45.0 Å². The summed E-state index contributed by atoms with van der Waals surface area (Å²) in [6.07, 6.45) is -1.81. The zero-order valence-corrected chi connectivity index (χ0v) is 13.1. The SMILES string of the molecule is CC(C)(C)OC(=O)NCCC(O)C(O)c1ccc(C=O)s1. The van der Waals surface area contributed by atoms with Gasteiger partial charge in [0.05, 0.1) is 11.0 Å². The molecule has 1 aromatic heterocycles. The first kappa shape index (κ1) is 17.6. The first-order valence-corrected chi connectivity index (χ1v) is 7.42. The van der Waals surface area contributed by atoms with Crippen molar-refractivity contribution in [2.75, 3.05) is 6.54 Å². The second-order valence-electron chi connectivity index (χ2n) is 5.59. The number of alkyl carbamates (subject to hydrolysis) is 1. The molecule has 0 spiro atoms. The number of aliphatic hydroxyl groups is 2. The summed E-state index contributed by atoms with van der Waals surface area (Å²) in [5, 5.41) is 22.3. The maximum Gasteiger partial charge on any atom is 0.407 e. The van der Waals surface area contributed by atoms with Crippen LogP contribution in [0.25, 0.3) is 0 Å². The van der Waals surface area contributed by atoms with Crippen molar-refractivity contribution in [1.29, 1.82) is 0 Å². The number of carbonyl (C=O) groups is 2. The van der Waals surface area contributed by atoms with Crippen LogP contribution in [-0.2, 0) is 4.74 Å². The van der Waals surface area contributed by atoms with Crippen LogP contribution in [-0.4, -0.2) is 40.8 Å². The van der Waals surface area contributed by atoms with Crippen LogP contribution in [0.2, 0.25) is 0 Å². The zero-order chi connectivity index (χ0) is 16.0. The Labute approximate surface area is 127 Å². The summed E-state index contributed by atoms with van der Waals surface area (Å²) in [6.45, 7) is 5.45. The second kappa shape index (κ2) is 7.53. The molecule has 0 aromatic carbocycles. The zero-order valence-electron chi connectivity index (χ0n) is 12.3. The number of aldehydes is 1. The molecular formula is C14H21NO5S. The van der Waals surface area contributed by atoms with E-state index >= 15 is 0 Å². The third-order valence-electron chi connectivity index (χ3n) is 2.53. The number of thiophene rings is 1. The highest BCUT2D eigenvalue weighted by atomic mass is 32.1. The first-order valence-electron chi connectivity index (χ1n) is 6.61. The van der Waals surface area contributed by atoms with Crippen molar-refractivity contribution in [1.82, 2.24) is 5.32 Å². The van der Waals surface area contributed by atoms with E-state index in [9.17, 15) is 19.8 Å². The summed E-state index contributed by atoms with van der Waals surface area (Å²) >= 11 is 1.13. The van der Waals surface area contributed by atoms with Crippen LogP contribution >= 0.6 is 11.3 Å². The second-order valence-corrected chi connectivity index (χ2v) is 6.73. The molecule has 1 aromatic rings. The van der Waals surface area contributed by atoms with Gasteiger partial charge in [-0.3, -0.25) is 4.79 Å². The van der Waals surface area contributed by atoms with E-state index in [0.717, 1.165) is 11.3 Å². The van der Waals surface area contributed by atoms with Gasteiger partial charge >= 0.3 is 6.09 Å². The summed E-state index contributed by atoms with van der Waals surface area (Å²) < 4.78 is 5.05. The van der Waals surface area contributed by atoms with Crippen LogP contribution in [0, 0.1) is 0 Å². The molecule has 1 heterocycles. The van der Waals surface area contributed by atoms with Gasteiger partial charge in [-0.05, 0) is 39.3 Å². The molecule has 1 amide bonds. The molecule has 0 aliphatic rings. The number of hydrogen-bond donors (Lipinski definition) is 3. The number of nitrogens with one attached hydrogen (secondary N) is 1. The van der Waals surface area contributed by atoms with Gasteiger partial charge in [0.2, 0.25) is 0 Å². The molecule has 0 radical (unpaired) electrons.